The minimum atomic E-state index is -0.178. The van der Waals surface area contributed by atoms with Crippen LogP contribution >= 0.6 is 0 Å². The van der Waals surface area contributed by atoms with Gasteiger partial charge in [0.1, 0.15) is 0 Å². The van der Waals surface area contributed by atoms with Crippen LogP contribution in [0.2, 0.25) is 0 Å². The number of fused-ring (bicyclic) bond motifs is 1. The molecule has 0 aromatic heterocycles. The lowest BCUT2D eigenvalue weighted by Gasteiger charge is -2.32. The maximum atomic E-state index is 12.9. The van der Waals surface area contributed by atoms with Crippen molar-refractivity contribution in [2.75, 3.05) is 24.5 Å². The molecule has 1 saturated heterocycles. The predicted molar refractivity (Wildman–Crippen MR) is 82.2 cm³/mol. The number of likely N-dealkylation sites (tertiary alicyclic amines) is 1. The normalized spacial score (nSPS) is 21.6. The van der Waals surface area contributed by atoms with E-state index in [2.05, 4.69) is 25.1 Å². The Kier molecular flexibility index (Phi) is 3.70. The van der Waals surface area contributed by atoms with Gasteiger partial charge in [-0.05, 0) is 37.8 Å². The van der Waals surface area contributed by atoms with E-state index >= 15 is 0 Å². The molecule has 2 heterocycles. The SMILES string of the molecule is CCN1C[C@H](C(=O)N2CCCc3cccc(C)c32)CC1=O. The second kappa shape index (κ2) is 5.51. The summed E-state index contributed by atoms with van der Waals surface area (Å²) in [6, 6.07) is 6.22. The van der Waals surface area contributed by atoms with Crippen LogP contribution < -0.4 is 4.90 Å². The predicted octanol–water partition coefficient (Wildman–Crippen LogP) is 2.14. The van der Waals surface area contributed by atoms with Crippen molar-refractivity contribution in [3.05, 3.63) is 29.3 Å². The molecule has 1 fully saturated rings. The highest BCUT2D eigenvalue weighted by molar-refractivity contribution is 6.00. The van der Waals surface area contributed by atoms with Crippen LogP contribution in [0.5, 0.6) is 0 Å². The Hall–Kier alpha value is -1.84. The van der Waals surface area contributed by atoms with E-state index in [0.29, 0.717) is 19.5 Å². The molecule has 1 aromatic carbocycles. The van der Waals surface area contributed by atoms with Gasteiger partial charge >= 0.3 is 0 Å². The van der Waals surface area contributed by atoms with Crippen molar-refractivity contribution in [3.8, 4) is 0 Å². The number of hydrogen-bond donors (Lipinski definition) is 0. The smallest absolute Gasteiger partial charge is 0.232 e. The molecule has 0 saturated carbocycles. The molecule has 0 unspecified atom stereocenters. The standard InChI is InChI=1S/C17H22N2O2/c1-3-18-11-14(10-15(18)20)17(21)19-9-5-8-13-7-4-6-12(2)16(13)19/h4,6-7,14H,3,5,8-11H2,1-2H3/t14-/m1/s1. The van der Waals surface area contributed by atoms with Gasteiger partial charge in [0.05, 0.1) is 5.92 Å². The Bertz CT molecular complexity index is 582. The van der Waals surface area contributed by atoms with Gasteiger partial charge in [0, 0.05) is 31.7 Å². The molecule has 4 nitrogen and oxygen atoms in total. The van der Waals surface area contributed by atoms with Gasteiger partial charge in [-0.25, -0.2) is 0 Å². The van der Waals surface area contributed by atoms with Crippen LogP contribution in [0.3, 0.4) is 0 Å². The lowest BCUT2D eigenvalue weighted by Crippen LogP contribution is -2.41. The second-order valence-electron chi connectivity index (χ2n) is 6.01. The Labute approximate surface area is 125 Å². The molecule has 0 N–H and O–H groups in total. The van der Waals surface area contributed by atoms with Gasteiger partial charge < -0.3 is 9.80 Å². The van der Waals surface area contributed by atoms with E-state index in [1.165, 1.54) is 5.56 Å². The van der Waals surface area contributed by atoms with Gasteiger partial charge in [-0.2, -0.15) is 0 Å². The highest BCUT2D eigenvalue weighted by atomic mass is 16.2. The monoisotopic (exact) mass is 286 g/mol. The van der Waals surface area contributed by atoms with E-state index in [1.807, 2.05) is 11.8 Å². The molecule has 2 aliphatic heterocycles. The third kappa shape index (κ3) is 2.43. The number of carbonyl (C=O) groups excluding carboxylic acids is 2. The van der Waals surface area contributed by atoms with Crippen molar-refractivity contribution >= 4 is 17.5 Å². The first-order valence-corrected chi connectivity index (χ1v) is 7.79. The van der Waals surface area contributed by atoms with Crippen molar-refractivity contribution in [2.45, 2.75) is 33.1 Å². The van der Waals surface area contributed by atoms with E-state index in [-0.39, 0.29) is 17.7 Å². The second-order valence-corrected chi connectivity index (χ2v) is 6.01. The fourth-order valence-corrected chi connectivity index (χ4v) is 3.53. The third-order valence-corrected chi connectivity index (χ3v) is 4.63. The summed E-state index contributed by atoms with van der Waals surface area (Å²) in [6.07, 6.45) is 2.40. The van der Waals surface area contributed by atoms with Gasteiger partial charge in [0.15, 0.2) is 0 Å². The first-order chi connectivity index (χ1) is 10.1. The molecular weight excluding hydrogens is 264 g/mol. The molecule has 2 aliphatic rings. The van der Waals surface area contributed by atoms with Crippen LogP contribution in [-0.2, 0) is 16.0 Å². The molecule has 2 amide bonds. The minimum absolute atomic E-state index is 0.109. The lowest BCUT2D eigenvalue weighted by atomic mass is 9.96. The molecule has 1 atom stereocenters. The Morgan fingerprint density at radius 1 is 1.38 bits per heavy atom. The van der Waals surface area contributed by atoms with E-state index in [0.717, 1.165) is 30.6 Å². The zero-order chi connectivity index (χ0) is 15.0. The molecular formula is C17H22N2O2. The first-order valence-electron chi connectivity index (χ1n) is 7.79. The molecule has 112 valence electrons. The largest absolute Gasteiger partial charge is 0.342 e. The van der Waals surface area contributed by atoms with Crippen molar-refractivity contribution in [1.29, 1.82) is 0 Å². The summed E-state index contributed by atoms with van der Waals surface area (Å²) in [7, 11) is 0. The quantitative estimate of drug-likeness (QED) is 0.836. The Morgan fingerprint density at radius 3 is 2.90 bits per heavy atom. The number of para-hydroxylation sites is 1. The molecule has 21 heavy (non-hydrogen) atoms. The van der Waals surface area contributed by atoms with Crippen LogP contribution in [0, 0.1) is 12.8 Å². The van der Waals surface area contributed by atoms with Crippen LogP contribution in [0.4, 0.5) is 5.69 Å². The summed E-state index contributed by atoms with van der Waals surface area (Å²) >= 11 is 0. The fourth-order valence-electron chi connectivity index (χ4n) is 3.53. The number of carbonyl (C=O) groups is 2. The summed E-state index contributed by atoms with van der Waals surface area (Å²) in [5.74, 6) is 0.0513. The molecule has 0 spiro atoms. The molecule has 3 rings (SSSR count). The fraction of sp³-hybridized carbons (Fsp3) is 0.529. The number of benzene rings is 1. The topological polar surface area (TPSA) is 40.6 Å². The number of hydrogen-bond acceptors (Lipinski definition) is 2. The van der Waals surface area contributed by atoms with Crippen molar-refractivity contribution < 1.29 is 9.59 Å². The van der Waals surface area contributed by atoms with E-state index in [4.69, 9.17) is 0 Å². The molecule has 0 aliphatic carbocycles. The lowest BCUT2D eigenvalue weighted by molar-refractivity contribution is -0.128. The van der Waals surface area contributed by atoms with Gasteiger partial charge in [0.2, 0.25) is 11.8 Å². The van der Waals surface area contributed by atoms with E-state index in [1.54, 1.807) is 4.90 Å². The van der Waals surface area contributed by atoms with Crippen LogP contribution in [-0.4, -0.2) is 36.3 Å². The maximum Gasteiger partial charge on any atom is 0.232 e. The average Bonchev–Trinajstić information content (AvgIpc) is 2.87. The average molecular weight is 286 g/mol. The number of nitrogens with zero attached hydrogens (tertiary/aromatic N) is 2. The first kappa shape index (κ1) is 14.1. The van der Waals surface area contributed by atoms with Crippen LogP contribution in [0.25, 0.3) is 0 Å². The molecule has 4 heteroatoms. The van der Waals surface area contributed by atoms with E-state index < -0.39 is 0 Å². The third-order valence-electron chi connectivity index (χ3n) is 4.63. The van der Waals surface area contributed by atoms with Crippen molar-refractivity contribution in [2.24, 2.45) is 5.92 Å². The summed E-state index contributed by atoms with van der Waals surface area (Å²) in [4.78, 5) is 28.4. The van der Waals surface area contributed by atoms with Crippen LogP contribution in [0.1, 0.15) is 30.9 Å². The van der Waals surface area contributed by atoms with Crippen LogP contribution in [0.15, 0.2) is 18.2 Å². The van der Waals surface area contributed by atoms with E-state index in [9.17, 15) is 9.59 Å². The summed E-state index contributed by atoms with van der Waals surface area (Å²) in [5.41, 5.74) is 3.49. The highest BCUT2D eigenvalue weighted by Crippen LogP contribution is 2.33. The molecule has 0 bridgehead atoms. The highest BCUT2D eigenvalue weighted by Gasteiger charge is 2.37. The summed E-state index contributed by atoms with van der Waals surface area (Å²) < 4.78 is 0. The Balaban J connectivity index is 1.86. The van der Waals surface area contributed by atoms with Gasteiger partial charge in [-0.15, -0.1) is 0 Å². The number of amides is 2. The summed E-state index contributed by atoms with van der Waals surface area (Å²) in [5, 5.41) is 0. The number of aryl methyl sites for hydroxylation is 2. The zero-order valence-electron chi connectivity index (χ0n) is 12.8. The minimum Gasteiger partial charge on any atom is -0.342 e. The van der Waals surface area contributed by atoms with Crippen molar-refractivity contribution in [1.82, 2.24) is 4.90 Å². The summed E-state index contributed by atoms with van der Waals surface area (Å²) in [6.45, 7) is 6.06. The zero-order valence-corrected chi connectivity index (χ0v) is 12.8. The van der Waals surface area contributed by atoms with Gasteiger partial charge in [-0.3, -0.25) is 9.59 Å². The number of anilines is 1. The molecule has 1 aromatic rings. The molecule has 0 radical (unpaired) electrons. The maximum absolute atomic E-state index is 12.9. The van der Waals surface area contributed by atoms with Crippen molar-refractivity contribution in [3.63, 3.8) is 0 Å². The van der Waals surface area contributed by atoms with Gasteiger partial charge in [-0.1, -0.05) is 18.2 Å². The number of rotatable bonds is 2. The van der Waals surface area contributed by atoms with Gasteiger partial charge in [0.25, 0.3) is 0 Å². The Morgan fingerprint density at radius 2 is 2.19 bits per heavy atom.